The normalized spacial score (nSPS) is 15.0. The predicted octanol–water partition coefficient (Wildman–Crippen LogP) is 3.58. The van der Waals surface area contributed by atoms with Crippen LogP contribution in [0.1, 0.15) is 47.0 Å². The van der Waals surface area contributed by atoms with Crippen LogP contribution in [0.15, 0.2) is 36.0 Å². The van der Waals surface area contributed by atoms with Crippen LogP contribution in [0, 0.1) is 0 Å². The Morgan fingerprint density at radius 1 is 1.35 bits per heavy atom. The minimum atomic E-state index is -0.819. The van der Waals surface area contributed by atoms with Crippen molar-refractivity contribution in [2.24, 2.45) is 0 Å². The van der Waals surface area contributed by atoms with Gasteiger partial charge >= 0.3 is 0 Å². The Morgan fingerprint density at radius 3 is 2.41 bits per heavy atom. The molecule has 0 heterocycles. The Hall–Kier alpha value is -1.15. The lowest BCUT2D eigenvalue weighted by Crippen LogP contribution is -2.19. The fourth-order valence-electron chi connectivity index (χ4n) is 1.43. The highest BCUT2D eigenvalue weighted by atomic mass is 16.3. The first-order valence-electron chi connectivity index (χ1n) is 5.96. The van der Waals surface area contributed by atoms with Gasteiger partial charge in [0.05, 0.1) is 5.60 Å². The predicted molar refractivity (Wildman–Crippen MR) is 72.9 cm³/mol. The molecular weight excluding hydrogens is 212 g/mol. The van der Waals surface area contributed by atoms with E-state index in [-0.39, 0.29) is 5.78 Å². The summed E-state index contributed by atoms with van der Waals surface area (Å²) in [6.45, 7) is 11.1. The monoisotopic (exact) mass is 236 g/mol. The molecule has 0 aromatic rings. The molecule has 0 aliphatic rings. The molecular formula is C15H24O2. The van der Waals surface area contributed by atoms with Gasteiger partial charge < -0.3 is 5.11 Å². The summed E-state index contributed by atoms with van der Waals surface area (Å²) in [7, 11) is 0. The van der Waals surface area contributed by atoms with E-state index in [4.69, 9.17) is 0 Å². The maximum atomic E-state index is 11.5. The van der Waals surface area contributed by atoms with E-state index in [9.17, 15) is 9.90 Å². The Bertz CT molecular complexity index is 329. The number of aliphatic hydroxyl groups is 1. The molecule has 0 amide bonds. The van der Waals surface area contributed by atoms with E-state index in [0.29, 0.717) is 12.8 Å². The summed E-state index contributed by atoms with van der Waals surface area (Å²) in [6.07, 6.45) is 7.06. The van der Waals surface area contributed by atoms with Crippen molar-refractivity contribution < 1.29 is 9.90 Å². The van der Waals surface area contributed by atoms with Crippen LogP contribution in [0.25, 0.3) is 0 Å². The van der Waals surface area contributed by atoms with Gasteiger partial charge in [-0.3, -0.25) is 4.79 Å². The van der Waals surface area contributed by atoms with E-state index >= 15 is 0 Å². The summed E-state index contributed by atoms with van der Waals surface area (Å²) in [6, 6.07) is 0. The molecule has 0 aliphatic heterocycles. The van der Waals surface area contributed by atoms with Crippen molar-refractivity contribution in [1.82, 2.24) is 0 Å². The van der Waals surface area contributed by atoms with Crippen molar-refractivity contribution >= 4 is 5.78 Å². The maximum Gasteiger partial charge on any atom is 0.159 e. The second kappa shape index (κ2) is 7.23. The molecule has 1 atom stereocenters. The maximum absolute atomic E-state index is 11.5. The summed E-state index contributed by atoms with van der Waals surface area (Å²) in [4.78, 5) is 11.5. The van der Waals surface area contributed by atoms with Crippen LogP contribution in [0.2, 0.25) is 0 Å². The Morgan fingerprint density at radius 2 is 1.94 bits per heavy atom. The molecule has 1 N–H and O–H groups in total. The Kier molecular flexibility index (Phi) is 6.74. The van der Waals surface area contributed by atoms with E-state index in [2.05, 4.69) is 6.58 Å². The molecule has 1 unspecified atom stereocenters. The zero-order valence-electron chi connectivity index (χ0n) is 11.4. The van der Waals surface area contributed by atoms with Crippen LogP contribution in [-0.4, -0.2) is 16.5 Å². The molecule has 0 saturated carbocycles. The van der Waals surface area contributed by atoms with Crippen molar-refractivity contribution in [3.63, 3.8) is 0 Å². The standard InChI is InChI=1S/C15H24O2/c1-6-15(5,17)9-7-8-13(4)11-14(16)10-12(2)3/h6,8,10,17H,1,7,9,11H2,2-5H3/b13-8+. The Balaban J connectivity index is 4.16. The van der Waals surface area contributed by atoms with Gasteiger partial charge in [-0.15, -0.1) is 6.58 Å². The van der Waals surface area contributed by atoms with Crippen molar-refractivity contribution in [2.45, 2.75) is 52.6 Å². The molecule has 0 aromatic heterocycles. The van der Waals surface area contributed by atoms with Gasteiger partial charge in [0.15, 0.2) is 5.78 Å². The van der Waals surface area contributed by atoms with Crippen LogP contribution in [0.5, 0.6) is 0 Å². The highest BCUT2D eigenvalue weighted by Crippen LogP contribution is 2.15. The highest BCUT2D eigenvalue weighted by molar-refractivity contribution is 5.91. The molecule has 0 rings (SSSR count). The van der Waals surface area contributed by atoms with Crippen molar-refractivity contribution in [1.29, 1.82) is 0 Å². The molecule has 0 saturated heterocycles. The minimum absolute atomic E-state index is 0.134. The fourth-order valence-corrected chi connectivity index (χ4v) is 1.43. The molecule has 2 heteroatoms. The van der Waals surface area contributed by atoms with Crippen LogP contribution in [0.4, 0.5) is 0 Å². The third-order valence-electron chi connectivity index (χ3n) is 2.49. The van der Waals surface area contributed by atoms with Gasteiger partial charge in [0.25, 0.3) is 0 Å². The SMILES string of the molecule is C=CC(C)(O)CC/C=C(\C)CC(=O)C=C(C)C. The summed E-state index contributed by atoms with van der Waals surface area (Å²) < 4.78 is 0. The first kappa shape index (κ1) is 15.9. The molecule has 0 bridgehead atoms. The van der Waals surface area contributed by atoms with Crippen LogP contribution < -0.4 is 0 Å². The molecule has 0 fully saturated rings. The summed E-state index contributed by atoms with van der Waals surface area (Å²) in [5.41, 5.74) is 1.26. The van der Waals surface area contributed by atoms with Gasteiger partial charge in [0.1, 0.15) is 0 Å². The molecule has 2 nitrogen and oxygen atoms in total. The number of rotatable bonds is 7. The first-order chi connectivity index (χ1) is 7.76. The lowest BCUT2D eigenvalue weighted by molar-refractivity contribution is -0.114. The average Bonchev–Trinajstić information content (AvgIpc) is 2.15. The number of ketones is 1. The highest BCUT2D eigenvalue weighted by Gasteiger charge is 2.13. The van der Waals surface area contributed by atoms with Crippen molar-refractivity contribution in [2.75, 3.05) is 0 Å². The molecule has 96 valence electrons. The topological polar surface area (TPSA) is 37.3 Å². The molecule has 17 heavy (non-hydrogen) atoms. The third kappa shape index (κ3) is 8.64. The quantitative estimate of drug-likeness (QED) is 0.542. The number of carbonyl (C=O) groups excluding carboxylic acids is 1. The molecule has 0 spiro atoms. The van der Waals surface area contributed by atoms with Gasteiger partial charge in [-0.2, -0.15) is 0 Å². The van der Waals surface area contributed by atoms with Gasteiger partial charge in [0, 0.05) is 6.42 Å². The Labute approximate surface area is 105 Å². The van der Waals surface area contributed by atoms with E-state index in [1.807, 2.05) is 26.8 Å². The van der Waals surface area contributed by atoms with E-state index < -0.39 is 5.60 Å². The van der Waals surface area contributed by atoms with Crippen LogP contribution >= 0.6 is 0 Å². The second-order valence-corrected chi connectivity index (χ2v) is 5.02. The number of hydrogen-bond donors (Lipinski definition) is 1. The molecule has 0 aliphatic carbocycles. The van der Waals surface area contributed by atoms with E-state index in [0.717, 1.165) is 17.6 Å². The average molecular weight is 236 g/mol. The van der Waals surface area contributed by atoms with Crippen LogP contribution in [-0.2, 0) is 4.79 Å². The number of allylic oxidation sites excluding steroid dienone is 4. The lowest BCUT2D eigenvalue weighted by Gasteiger charge is -2.16. The van der Waals surface area contributed by atoms with Gasteiger partial charge in [-0.1, -0.05) is 23.3 Å². The minimum Gasteiger partial charge on any atom is -0.386 e. The largest absolute Gasteiger partial charge is 0.386 e. The number of hydrogen-bond acceptors (Lipinski definition) is 2. The van der Waals surface area contributed by atoms with E-state index in [1.54, 1.807) is 19.1 Å². The lowest BCUT2D eigenvalue weighted by atomic mass is 9.99. The second-order valence-electron chi connectivity index (χ2n) is 5.02. The fraction of sp³-hybridized carbons (Fsp3) is 0.533. The van der Waals surface area contributed by atoms with Crippen molar-refractivity contribution in [3.8, 4) is 0 Å². The summed E-state index contributed by atoms with van der Waals surface area (Å²) >= 11 is 0. The summed E-state index contributed by atoms with van der Waals surface area (Å²) in [5.74, 6) is 0.134. The van der Waals surface area contributed by atoms with Crippen molar-refractivity contribution in [3.05, 3.63) is 36.0 Å². The molecule has 0 aromatic carbocycles. The van der Waals surface area contributed by atoms with E-state index in [1.165, 1.54) is 0 Å². The first-order valence-corrected chi connectivity index (χ1v) is 5.96. The van der Waals surface area contributed by atoms with Crippen LogP contribution in [0.3, 0.4) is 0 Å². The van der Waals surface area contributed by atoms with Gasteiger partial charge in [0.2, 0.25) is 0 Å². The van der Waals surface area contributed by atoms with Gasteiger partial charge in [-0.05, 0) is 46.6 Å². The zero-order valence-corrected chi connectivity index (χ0v) is 11.4. The number of carbonyl (C=O) groups is 1. The smallest absolute Gasteiger partial charge is 0.159 e. The van der Waals surface area contributed by atoms with Gasteiger partial charge in [-0.25, -0.2) is 0 Å². The molecule has 0 radical (unpaired) electrons. The summed E-state index contributed by atoms with van der Waals surface area (Å²) in [5, 5.41) is 9.71. The zero-order chi connectivity index (χ0) is 13.5. The third-order valence-corrected chi connectivity index (χ3v) is 2.49.